The predicted octanol–water partition coefficient (Wildman–Crippen LogP) is 1.43. The molecule has 1 aromatic heterocycles. The van der Waals surface area contributed by atoms with E-state index in [0.29, 0.717) is 25.4 Å². The second-order valence-corrected chi connectivity index (χ2v) is 6.48. The summed E-state index contributed by atoms with van der Waals surface area (Å²) in [4.78, 5) is 25.6. The van der Waals surface area contributed by atoms with Crippen molar-refractivity contribution >= 4 is 35.0 Å². The molecular formula is C12H17N3O3S2. The Kier molecular flexibility index (Phi) is 5.78. The molecule has 0 aliphatic carbocycles. The number of rotatable bonds is 5. The number of piperidine rings is 1. The van der Waals surface area contributed by atoms with Crippen molar-refractivity contribution < 1.29 is 14.3 Å². The molecule has 20 heavy (non-hydrogen) atoms. The molecule has 1 aliphatic rings. The molecule has 1 fully saturated rings. The summed E-state index contributed by atoms with van der Waals surface area (Å²) in [5.41, 5.74) is 1.64. The highest BCUT2D eigenvalue weighted by Gasteiger charge is 2.29. The van der Waals surface area contributed by atoms with Crippen LogP contribution in [0.5, 0.6) is 0 Å². The number of likely N-dealkylation sites (tertiary alicyclic amines) is 1. The number of thioether (sulfide) groups is 1. The van der Waals surface area contributed by atoms with Gasteiger partial charge in [0.05, 0.1) is 18.3 Å². The highest BCUT2D eigenvalue weighted by atomic mass is 32.2. The minimum atomic E-state index is -0.193. The van der Waals surface area contributed by atoms with Crippen LogP contribution in [0.2, 0.25) is 0 Å². The zero-order valence-electron chi connectivity index (χ0n) is 11.3. The lowest BCUT2D eigenvalue weighted by Crippen LogP contribution is -2.43. The van der Waals surface area contributed by atoms with Crippen LogP contribution in [0, 0.1) is 5.92 Å². The Bertz CT molecular complexity index is 453. The largest absolute Gasteiger partial charge is 0.466 e. The SMILES string of the molecule is CCOC(=O)C1CCCN(C(=O)CSc2nncs2)C1. The van der Waals surface area contributed by atoms with Crippen molar-refractivity contribution in [2.24, 2.45) is 5.92 Å². The molecule has 0 N–H and O–H groups in total. The highest BCUT2D eigenvalue weighted by Crippen LogP contribution is 2.22. The molecule has 0 spiro atoms. The standard InChI is InChI=1S/C12H17N3O3S2/c1-2-18-11(17)9-4-3-5-15(6-9)10(16)7-19-12-14-13-8-20-12/h8-9H,2-7H2,1H3. The number of nitrogens with zero attached hydrogens (tertiary/aromatic N) is 3. The fraction of sp³-hybridized carbons (Fsp3) is 0.667. The molecule has 1 amide bonds. The molecule has 0 saturated carbocycles. The Morgan fingerprint density at radius 3 is 3.15 bits per heavy atom. The summed E-state index contributed by atoms with van der Waals surface area (Å²) in [7, 11) is 0. The van der Waals surface area contributed by atoms with E-state index in [2.05, 4.69) is 10.2 Å². The van der Waals surface area contributed by atoms with Gasteiger partial charge < -0.3 is 9.64 Å². The van der Waals surface area contributed by atoms with Crippen LogP contribution in [0.15, 0.2) is 9.85 Å². The van der Waals surface area contributed by atoms with Gasteiger partial charge in [0.15, 0.2) is 4.34 Å². The summed E-state index contributed by atoms with van der Waals surface area (Å²) >= 11 is 2.81. The molecule has 6 nitrogen and oxygen atoms in total. The molecular weight excluding hydrogens is 298 g/mol. The lowest BCUT2D eigenvalue weighted by molar-refractivity contribution is -0.151. The van der Waals surface area contributed by atoms with Crippen LogP contribution in [0.1, 0.15) is 19.8 Å². The third kappa shape index (κ3) is 4.17. The quantitative estimate of drug-likeness (QED) is 0.604. The molecule has 2 rings (SSSR count). The first-order valence-electron chi connectivity index (χ1n) is 6.54. The Morgan fingerprint density at radius 2 is 2.45 bits per heavy atom. The van der Waals surface area contributed by atoms with E-state index in [-0.39, 0.29) is 17.8 Å². The summed E-state index contributed by atoms with van der Waals surface area (Å²) in [6, 6.07) is 0. The third-order valence-corrected chi connectivity index (χ3v) is 4.90. The maximum absolute atomic E-state index is 12.1. The predicted molar refractivity (Wildman–Crippen MR) is 76.6 cm³/mol. The van der Waals surface area contributed by atoms with E-state index in [1.54, 1.807) is 17.3 Å². The van der Waals surface area contributed by atoms with Crippen molar-refractivity contribution in [2.75, 3.05) is 25.4 Å². The number of aromatic nitrogens is 2. The molecule has 0 bridgehead atoms. The Balaban J connectivity index is 1.81. The van der Waals surface area contributed by atoms with Crippen LogP contribution in [0.25, 0.3) is 0 Å². The van der Waals surface area contributed by atoms with Gasteiger partial charge in [-0.1, -0.05) is 23.1 Å². The zero-order chi connectivity index (χ0) is 14.4. The average molecular weight is 315 g/mol. The van der Waals surface area contributed by atoms with Crippen molar-refractivity contribution in [1.82, 2.24) is 15.1 Å². The topological polar surface area (TPSA) is 72.4 Å². The van der Waals surface area contributed by atoms with E-state index in [0.717, 1.165) is 17.2 Å². The van der Waals surface area contributed by atoms with Crippen molar-refractivity contribution in [2.45, 2.75) is 24.1 Å². The van der Waals surface area contributed by atoms with Gasteiger partial charge in [-0.25, -0.2) is 0 Å². The number of carbonyl (C=O) groups is 2. The number of amides is 1. The maximum atomic E-state index is 12.1. The van der Waals surface area contributed by atoms with Gasteiger partial charge >= 0.3 is 5.97 Å². The van der Waals surface area contributed by atoms with Gasteiger partial charge in [-0.15, -0.1) is 10.2 Å². The molecule has 1 atom stereocenters. The molecule has 110 valence electrons. The van der Waals surface area contributed by atoms with Crippen LogP contribution in [-0.4, -0.2) is 52.4 Å². The lowest BCUT2D eigenvalue weighted by Gasteiger charge is -2.31. The molecule has 8 heteroatoms. The molecule has 1 saturated heterocycles. The fourth-order valence-corrected chi connectivity index (χ4v) is 3.49. The summed E-state index contributed by atoms with van der Waals surface area (Å²) in [5, 5.41) is 7.62. The van der Waals surface area contributed by atoms with E-state index in [1.165, 1.54) is 23.1 Å². The maximum Gasteiger partial charge on any atom is 0.310 e. The summed E-state index contributed by atoms with van der Waals surface area (Å²) < 4.78 is 5.82. The third-order valence-electron chi connectivity index (χ3n) is 3.05. The Morgan fingerprint density at radius 1 is 1.60 bits per heavy atom. The average Bonchev–Trinajstić information content (AvgIpc) is 2.98. The van der Waals surface area contributed by atoms with E-state index >= 15 is 0 Å². The van der Waals surface area contributed by atoms with Gasteiger partial charge in [0.2, 0.25) is 5.91 Å². The molecule has 1 aliphatic heterocycles. The van der Waals surface area contributed by atoms with E-state index < -0.39 is 0 Å². The Labute approximate surface area is 125 Å². The molecule has 1 aromatic rings. The van der Waals surface area contributed by atoms with Gasteiger partial charge in [0.1, 0.15) is 5.51 Å². The lowest BCUT2D eigenvalue weighted by atomic mass is 9.98. The second kappa shape index (κ2) is 7.58. The minimum absolute atomic E-state index is 0.0409. The first kappa shape index (κ1) is 15.2. The van der Waals surface area contributed by atoms with Crippen LogP contribution in [-0.2, 0) is 14.3 Å². The summed E-state index contributed by atoms with van der Waals surface area (Å²) in [5.74, 6) is 0.00484. The molecule has 1 unspecified atom stereocenters. The van der Waals surface area contributed by atoms with Crippen LogP contribution in [0.4, 0.5) is 0 Å². The fourth-order valence-electron chi connectivity index (χ4n) is 2.10. The van der Waals surface area contributed by atoms with Gasteiger partial charge in [0.25, 0.3) is 0 Å². The minimum Gasteiger partial charge on any atom is -0.466 e. The van der Waals surface area contributed by atoms with Gasteiger partial charge in [-0.2, -0.15) is 0 Å². The number of hydrogen-bond donors (Lipinski definition) is 0. The normalized spacial score (nSPS) is 18.9. The van der Waals surface area contributed by atoms with E-state index in [1.807, 2.05) is 0 Å². The number of carbonyl (C=O) groups excluding carboxylic acids is 2. The van der Waals surface area contributed by atoms with Crippen molar-refractivity contribution in [3.8, 4) is 0 Å². The van der Waals surface area contributed by atoms with Crippen LogP contribution < -0.4 is 0 Å². The van der Waals surface area contributed by atoms with E-state index in [9.17, 15) is 9.59 Å². The second-order valence-electron chi connectivity index (χ2n) is 4.42. The smallest absolute Gasteiger partial charge is 0.310 e. The first-order valence-corrected chi connectivity index (χ1v) is 8.40. The monoisotopic (exact) mass is 315 g/mol. The molecule has 0 radical (unpaired) electrons. The number of ether oxygens (including phenoxy) is 1. The van der Waals surface area contributed by atoms with Crippen molar-refractivity contribution in [3.63, 3.8) is 0 Å². The summed E-state index contributed by atoms with van der Waals surface area (Å²) in [6.07, 6.45) is 1.64. The Hall–Kier alpha value is -1.15. The molecule has 0 aromatic carbocycles. The highest BCUT2D eigenvalue weighted by molar-refractivity contribution is 8.01. The van der Waals surface area contributed by atoms with Gasteiger partial charge in [-0.05, 0) is 19.8 Å². The molecule has 2 heterocycles. The van der Waals surface area contributed by atoms with Gasteiger partial charge in [-0.3, -0.25) is 9.59 Å². The zero-order valence-corrected chi connectivity index (χ0v) is 12.9. The number of esters is 1. The van der Waals surface area contributed by atoms with Gasteiger partial charge in [0, 0.05) is 13.1 Å². The van der Waals surface area contributed by atoms with Crippen molar-refractivity contribution in [1.29, 1.82) is 0 Å². The number of hydrogen-bond acceptors (Lipinski definition) is 7. The van der Waals surface area contributed by atoms with E-state index in [4.69, 9.17) is 4.74 Å². The first-order chi connectivity index (χ1) is 9.70. The van der Waals surface area contributed by atoms with Crippen LogP contribution in [0.3, 0.4) is 0 Å². The van der Waals surface area contributed by atoms with Crippen LogP contribution >= 0.6 is 23.1 Å². The summed E-state index contributed by atoms with van der Waals surface area (Å²) in [6.45, 7) is 3.36. The van der Waals surface area contributed by atoms with Crippen molar-refractivity contribution in [3.05, 3.63) is 5.51 Å².